The highest BCUT2D eigenvalue weighted by atomic mass is 79.9. The molecule has 0 aliphatic heterocycles. The molecule has 0 aliphatic rings. The number of aromatic nitrogens is 4. The number of rotatable bonds is 5. The molecule has 10 heteroatoms. The summed E-state index contributed by atoms with van der Waals surface area (Å²) in [6.45, 7) is -0.294. The molecule has 0 spiro atoms. The summed E-state index contributed by atoms with van der Waals surface area (Å²) < 4.78 is 15.3. The minimum absolute atomic E-state index is 0.0765. The van der Waals surface area contributed by atoms with Crippen LogP contribution in [-0.4, -0.2) is 31.7 Å². The van der Waals surface area contributed by atoms with E-state index in [4.69, 9.17) is 9.47 Å². The standard InChI is InChI=1S/C17H13BrN4O4S/c1-21-16(24)15-12(6-7-27-15)22-13(19-20-17(21)22)8-26-14(23)9-25-11-4-2-10(18)3-5-11/h2-7H,8-9H2,1H3. The normalized spacial score (nSPS) is 11.2. The lowest BCUT2D eigenvalue weighted by molar-refractivity contribution is -0.147. The topological polar surface area (TPSA) is 87.7 Å². The zero-order valence-corrected chi connectivity index (χ0v) is 16.5. The van der Waals surface area contributed by atoms with Crippen LogP contribution in [0.15, 0.2) is 45.0 Å². The highest BCUT2D eigenvalue weighted by molar-refractivity contribution is 9.10. The van der Waals surface area contributed by atoms with E-state index >= 15 is 0 Å². The average molecular weight is 449 g/mol. The van der Waals surface area contributed by atoms with Crippen molar-refractivity contribution in [1.29, 1.82) is 0 Å². The summed E-state index contributed by atoms with van der Waals surface area (Å²) in [6, 6.07) is 8.95. The van der Waals surface area contributed by atoms with E-state index in [1.54, 1.807) is 23.6 Å². The number of thiophene rings is 1. The van der Waals surface area contributed by atoms with Crippen molar-refractivity contribution in [2.45, 2.75) is 6.61 Å². The van der Waals surface area contributed by atoms with Crippen LogP contribution in [0.4, 0.5) is 0 Å². The Bertz CT molecular complexity index is 1200. The van der Waals surface area contributed by atoms with E-state index in [-0.39, 0.29) is 18.8 Å². The number of carbonyl (C=O) groups is 1. The second-order valence-corrected chi connectivity index (χ2v) is 7.49. The summed E-state index contributed by atoms with van der Waals surface area (Å²) in [4.78, 5) is 24.3. The number of hydrogen-bond acceptors (Lipinski definition) is 7. The first-order chi connectivity index (χ1) is 13.0. The van der Waals surface area contributed by atoms with Crippen LogP contribution in [0.5, 0.6) is 5.75 Å². The third-order valence-electron chi connectivity index (χ3n) is 3.93. The molecule has 3 heterocycles. The molecule has 8 nitrogen and oxygen atoms in total. The van der Waals surface area contributed by atoms with Gasteiger partial charge in [-0.3, -0.25) is 13.8 Å². The van der Waals surface area contributed by atoms with E-state index in [1.807, 2.05) is 23.6 Å². The zero-order valence-electron chi connectivity index (χ0n) is 14.1. The van der Waals surface area contributed by atoms with Gasteiger partial charge in [-0.15, -0.1) is 21.5 Å². The first-order valence-electron chi connectivity index (χ1n) is 7.89. The smallest absolute Gasteiger partial charge is 0.344 e. The lowest BCUT2D eigenvalue weighted by Crippen LogP contribution is -2.20. The minimum Gasteiger partial charge on any atom is -0.482 e. The van der Waals surface area contributed by atoms with Crippen molar-refractivity contribution < 1.29 is 14.3 Å². The van der Waals surface area contributed by atoms with Crippen LogP contribution in [0, 0.1) is 0 Å². The summed E-state index contributed by atoms with van der Waals surface area (Å²) in [5.74, 6) is 0.864. The first kappa shape index (κ1) is 17.7. The lowest BCUT2D eigenvalue weighted by atomic mass is 10.3. The predicted octanol–water partition coefficient (Wildman–Crippen LogP) is 2.53. The Labute approximate surface area is 165 Å². The van der Waals surface area contributed by atoms with Gasteiger partial charge in [-0.25, -0.2) is 4.79 Å². The lowest BCUT2D eigenvalue weighted by Gasteiger charge is -2.07. The van der Waals surface area contributed by atoms with Crippen molar-refractivity contribution in [2.24, 2.45) is 7.05 Å². The van der Waals surface area contributed by atoms with E-state index < -0.39 is 5.97 Å². The van der Waals surface area contributed by atoms with E-state index in [0.717, 1.165) is 4.47 Å². The third kappa shape index (κ3) is 3.33. The van der Waals surface area contributed by atoms with Gasteiger partial charge in [-0.1, -0.05) is 15.9 Å². The van der Waals surface area contributed by atoms with E-state index in [2.05, 4.69) is 26.1 Å². The van der Waals surface area contributed by atoms with Gasteiger partial charge >= 0.3 is 5.97 Å². The summed E-state index contributed by atoms with van der Waals surface area (Å²) in [5.41, 5.74) is 0.562. The van der Waals surface area contributed by atoms with Gasteiger partial charge in [-0.05, 0) is 35.7 Å². The molecule has 0 amide bonds. The first-order valence-corrected chi connectivity index (χ1v) is 9.56. The molecular weight excluding hydrogens is 436 g/mol. The van der Waals surface area contributed by atoms with Gasteiger partial charge in [-0.2, -0.15) is 0 Å². The monoisotopic (exact) mass is 448 g/mol. The van der Waals surface area contributed by atoms with Crippen molar-refractivity contribution in [3.05, 3.63) is 56.4 Å². The minimum atomic E-state index is -0.527. The number of esters is 1. The largest absolute Gasteiger partial charge is 0.482 e. The van der Waals surface area contributed by atoms with E-state index in [0.29, 0.717) is 27.6 Å². The van der Waals surface area contributed by atoms with Crippen molar-refractivity contribution in [3.63, 3.8) is 0 Å². The van der Waals surface area contributed by atoms with E-state index in [9.17, 15) is 9.59 Å². The number of fused-ring (bicyclic) bond motifs is 3. The molecule has 0 saturated heterocycles. The molecule has 0 fully saturated rings. The molecule has 138 valence electrons. The Hall–Kier alpha value is -2.72. The summed E-state index contributed by atoms with van der Waals surface area (Å²) in [6.07, 6.45) is 0. The van der Waals surface area contributed by atoms with Gasteiger partial charge in [0.25, 0.3) is 5.56 Å². The molecule has 3 aromatic heterocycles. The number of halogens is 1. The Morgan fingerprint density at radius 1 is 1.22 bits per heavy atom. The van der Waals surface area contributed by atoms with Crippen molar-refractivity contribution in [2.75, 3.05) is 6.61 Å². The number of carbonyl (C=O) groups excluding carboxylic acids is 1. The maximum absolute atomic E-state index is 12.3. The Balaban J connectivity index is 1.50. The Morgan fingerprint density at radius 3 is 2.78 bits per heavy atom. The Kier molecular flexibility index (Phi) is 4.66. The predicted molar refractivity (Wildman–Crippen MR) is 103 cm³/mol. The number of nitrogens with zero attached hydrogens (tertiary/aromatic N) is 4. The maximum atomic E-state index is 12.3. The second-order valence-electron chi connectivity index (χ2n) is 5.65. The molecule has 0 bridgehead atoms. The molecule has 4 rings (SSSR count). The van der Waals surface area contributed by atoms with Crippen LogP contribution in [0.25, 0.3) is 16.0 Å². The Morgan fingerprint density at radius 2 is 2.00 bits per heavy atom. The van der Waals surface area contributed by atoms with Gasteiger partial charge in [0.2, 0.25) is 5.78 Å². The number of ether oxygens (including phenoxy) is 2. The second kappa shape index (κ2) is 7.12. The quantitative estimate of drug-likeness (QED) is 0.436. The highest BCUT2D eigenvalue weighted by Gasteiger charge is 2.16. The van der Waals surface area contributed by atoms with Gasteiger partial charge in [0.05, 0.1) is 5.52 Å². The average Bonchev–Trinajstić information content (AvgIpc) is 3.30. The van der Waals surface area contributed by atoms with Gasteiger partial charge in [0, 0.05) is 11.5 Å². The fourth-order valence-electron chi connectivity index (χ4n) is 2.61. The fourth-order valence-corrected chi connectivity index (χ4v) is 3.72. The molecule has 1 aromatic carbocycles. The molecule has 0 radical (unpaired) electrons. The highest BCUT2D eigenvalue weighted by Crippen LogP contribution is 2.19. The fraction of sp³-hybridized carbons (Fsp3) is 0.176. The third-order valence-corrected chi connectivity index (χ3v) is 5.35. The van der Waals surface area contributed by atoms with Crippen LogP contribution in [0.2, 0.25) is 0 Å². The summed E-state index contributed by atoms with van der Waals surface area (Å²) >= 11 is 4.68. The van der Waals surface area contributed by atoms with Crippen LogP contribution >= 0.6 is 27.3 Å². The number of hydrogen-bond donors (Lipinski definition) is 0. The van der Waals surface area contributed by atoms with Crippen molar-refractivity contribution in [3.8, 4) is 5.75 Å². The zero-order chi connectivity index (χ0) is 19.0. The van der Waals surface area contributed by atoms with Gasteiger partial charge in [0.1, 0.15) is 10.4 Å². The molecular formula is C17H13BrN4O4S. The molecule has 0 aliphatic carbocycles. The molecule has 27 heavy (non-hydrogen) atoms. The van der Waals surface area contributed by atoms with Crippen molar-refractivity contribution in [1.82, 2.24) is 19.2 Å². The van der Waals surface area contributed by atoms with Crippen LogP contribution in [0.3, 0.4) is 0 Å². The van der Waals surface area contributed by atoms with Crippen LogP contribution in [0.1, 0.15) is 5.82 Å². The molecule has 0 atom stereocenters. The van der Waals surface area contributed by atoms with Gasteiger partial charge < -0.3 is 9.47 Å². The number of aryl methyl sites for hydroxylation is 1. The van der Waals surface area contributed by atoms with Crippen LogP contribution in [-0.2, 0) is 23.2 Å². The molecule has 0 saturated carbocycles. The van der Waals surface area contributed by atoms with Crippen LogP contribution < -0.4 is 10.3 Å². The maximum Gasteiger partial charge on any atom is 0.344 e. The molecule has 4 aromatic rings. The summed E-state index contributed by atoms with van der Waals surface area (Å²) in [5, 5.41) is 9.93. The van der Waals surface area contributed by atoms with Crippen molar-refractivity contribution >= 4 is 49.2 Å². The van der Waals surface area contributed by atoms with E-state index in [1.165, 1.54) is 15.9 Å². The SMILES string of the molecule is Cn1c(=O)c2sccc2n2c(COC(=O)COc3ccc(Br)cc3)nnc12. The molecule has 0 N–H and O–H groups in total. The number of benzene rings is 1. The van der Waals surface area contributed by atoms with Gasteiger partial charge in [0.15, 0.2) is 19.0 Å². The summed E-state index contributed by atoms with van der Waals surface area (Å²) in [7, 11) is 1.63. The molecule has 0 unspecified atom stereocenters.